The molecule has 1 aliphatic rings. The Bertz CT molecular complexity index is 473. The van der Waals surface area contributed by atoms with Crippen molar-refractivity contribution in [1.29, 1.82) is 0 Å². The van der Waals surface area contributed by atoms with Gasteiger partial charge in [0.2, 0.25) is 0 Å². The molecule has 0 spiro atoms. The Labute approximate surface area is 162 Å². The maximum absolute atomic E-state index is 12.1. The number of thioether (sulfide) groups is 1. The second kappa shape index (κ2) is 14.0. The second-order valence-electron chi connectivity index (χ2n) is 6.63. The summed E-state index contributed by atoms with van der Waals surface area (Å²) in [5, 5.41) is 9.64. The molecular formula is C21H34O4S. The molecule has 0 aromatic heterocycles. The summed E-state index contributed by atoms with van der Waals surface area (Å²) < 4.78 is 4.77. The Morgan fingerprint density at radius 1 is 1.27 bits per heavy atom. The highest BCUT2D eigenvalue weighted by atomic mass is 32.2. The van der Waals surface area contributed by atoms with E-state index >= 15 is 0 Å². The van der Waals surface area contributed by atoms with Crippen LogP contribution < -0.4 is 0 Å². The topological polar surface area (TPSA) is 63.6 Å². The van der Waals surface area contributed by atoms with Crippen LogP contribution in [-0.2, 0) is 14.3 Å². The zero-order valence-electron chi connectivity index (χ0n) is 16.2. The summed E-state index contributed by atoms with van der Waals surface area (Å²) >= 11 is 1.21. The molecule has 1 fully saturated rings. The number of aliphatic hydroxyl groups is 1. The molecule has 4 nitrogen and oxygen atoms in total. The third-order valence-electron chi connectivity index (χ3n) is 4.61. The first-order chi connectivity index (χ1) is 12.6. The normalized spacial score (nSPS) is 21.7. The van der Waals surface area contributed by atoms with Crippen LogP contribution in [0.4, 0.5) is 0 Å². The van der Waals surface area contributed by atoms with Crippen LogP contribution in [0.1, 0.15) is 65.2 Å². The van der Waals surface area contributed by atoms with Gasteiger partial charge in [-0.3, -0.25) is 4.79 Å². The zero-order chi connectivity index (χ0) is 19.2. The Kier molecular flexibility index (Phi) is 12.4. The molecule has 1 unspecified atom stereocenters. The van der Waals surface area contributed by atoms with E-state index in [1.807, 2.05) is 0 Å². The number of hydrogen-bond acceptors (Lipinski definition) is 5. The molecule has 0 heterocycles. The van der Waals surface area contributed by atoms with Gasteiger partial charge in [0.1, 0.15) is 5.78 Å². The Morgan fingerprint density at radius 2 is 2.04 bits per heavy atom. The molecule has 3 atom stereocenters. The Hall–Kier alpha value is -1.07. The van der Waals surface area contributed by atoms with Gasteiger partial charge in [0.05, 0.1) is 6.61 Å². The van der Waals surface area contributed by atoms with Gasteiger partial charge in [-0.25, -0.2) is 4.79 Å². The average Bonchev–Trinajstić information content (AvgIpc) is 2.97. The highest BCUT2D eigenvalue weighted by Crippen LogP contribution is 2.34. The fourth-order valence-corrected chi connectivity index (χ4v) is 4.03. The lowest BCUT2D eigenvalue weighted by atomic mass is 9.90. The summed E-state index contributed by atoms with van der Waals surface area (Å²) in [7, 11) is 0. The van der Waals surface area contributed by atoms with E-state index in [0.717, 1.165) is 44.9 Å². The van der Waals surface area contributed by atoms with Crippen LogP contribution in [0.2, 0.25) is 0 Å². The number of carbonyl (C=O) groups excluding carboxylic acids is 2. The van der Waals surface area contributed by atoms with Crippen molar-refractivity contribution in [2.24, 2.45) is 11.8 Å². The summed E-state index contributed by atoms with van der Waals surface area (Å²) in [6.07, 6.45) is 16.5. The van der Waals surface area contributed by atoms with Crippen LogP contribution >= 0.6 is 11.8 Å². The lowest BCUT2D eigenvalue weighted by Gasteiger charge is -2.15. The van der Waals surface area contributed by atoms with Crippen molar-refractivity contribution in [3.8, 4) is 0 Å². The van der Waals surface area contributed by atoms with Crippen LogP contribution in [0.3, 0.4) is 0 Å². The van der Waals surface area contributed by atoms with Crippen molar-refractivity contribution in [3.05, 3.63) is 24.3 Å². The summed E-state index contributed by atoms with van der Waals surface area (Å²) in [4.78, 5) is 23.5. The summed E-state index contributed by atoms with van der Waals surface area (Å²) in [5.41, 5.74) is -1.10. The fourth-order valence-electron chi connectivity index (χ4n) is 3.23. The van der Waals surface area contributed by atoms with Gasteiger partial charge in [-0.05, 0) is 57.1 Å². The van der Waals surface area contributed by atoms with E-state index in [1.165, 1.54) is 11.8 Å². The van der Waals surface area contributed by atoms with Crippen molar-refractivity contribution in [2.75, 3.05) is 12.4 Å². The van der Waals surface area contributed by atoms with Crippen molar-refractivity contribution in [3.63, 3.8) is 0 Å². The molecule has 0 saturated heterocycles. The SMILES string of the molecule is CCC=CCCC=C[C@H]1CCC(=O)[C@@H]1CCCCSC(O)C(=O)OCC. The molecular weight excluding hydrogens is 348 g/mol. The standard InChI is InChI=1S/C21H34O4S/c1-3-5-6-7-8-9-12-17-14-15-19(22)18(17)13-10-11-16-26-21(24)20(23)25-4-2/h5-6,9,12,17-18,21,24H,3-4,7-8,10-11,13-16H2,1-2H3/t17-,18+,21?/m0/s1. The third-order valence-corrected chi connectivity index (χ3v) is 5.65. The molecule has 0 aromatic carbocycles. The maximum atomic E-state index is 12.1. The van der Waals surface area contributed by atoms with Crippen LogP contribution in [0, 0.1) is 11.8 Å². The molecule has 1 aliphatic carbocycles. The van der Waals surface area contributed by atoms with Gasteiger partial charge >= 0.3 is 5.97 Å². The van der Waals surface area contributed by atoms with Gasteiger partial charge in [0.25, 0.3) is 0 Å². The number of allylic oxidation sites excluding steroid dienone is 4. The minimum absolute atomic E-state index is 0.150. The molecule has 1 N–H and O–H groups in total. The molecule has 1 rings (SSSR count). The highest BCUT2D eigenvalue weighted by molar-refractivity contribution is 8.00. The van der Waals surface area contributed by atoms with E-state index in [2.05, 4.69) is 31.2 Å². The minimum atomic E-state index is -1.10. The predicted octanol–water partition coefficient (Wildman–Crippen LogP) is 4.67. The quantitative estimate of drug-likeness (QED) is 0.217. The molecule has 0 radical (unpaired) electrons. The number of rotatable bonds is 13. The maximum Gasteiger partial charge on any atom is 0.345 e. The van der Waals surface area contributed by atoms with E-state index in [0.29, 0.717) is 23.9 Å². The van der Waals surface area contributed by atoms with E-state index in [1.54, 1.807) is 6.92 Å². The molecule has 0 amide bonds. The van der Waals surface area contributed by atoms with Gasteiger partial charge in [-0.1, -0.05) is 37.6 Å². The van der Waals surface area contributed by atoms with Crippen LogP contribution in [0.15, 0.2) is 24.3 Å². The zero-order valence-corrected chi connectivity index (χ0v) is 17.0. The smallest absolute Gasteiger partial charge is 0.345 e. The number of ether oxygens (including phenoxy) is 1. The van der Waals surface area contributed by atoms with Gasteiger partial charge < -0.3 is 9.84 Å². The van der Waals surface area contributed by atoms with E-state index < -0.39 is 11.4 Å². The molecule has 5 heteroatoms. The van der Waals surface area contributed by atoms with Crippen LogP contribution in [-0.4, -0.2) is 34.7 Å². The van der Waals surface area contributed by atoms with Crippen molar-refractivity contribution >= 4 is 23.5 Å². The molecule has 0 aromatic rings. The van der Waals surface area contributed by atoms with Gasteiger partial charge in [0.15, 0.2) is 5.44 Å². The highest BCUT2D eigenvalue weighted by Gasteiger charge is 2.32. The lowest BCUT2D eigenvalue weighted by Crippen LogP contribution is -2.20. The molecule has 148 valence electrons. The van der Waals surface area contributed by atoms with Gasteiger partial charge in [0, 0.05) is 12.3 Å². The fraction of sp³-hybridized carbons (Fsp3) is 0.714. The number of aliphatic hydroxyl groups excluding tert-OH is 1. The number of hydrogen-bond donors (Lipinski definition) is 1. The lowest BCUT2D eigenvalue weighted by molar-refractivity contribution is -0.148. The van der Waals surface area contributed by atoms with Crippen molar-refractivity contribution in [2.45, 2.75) is 70.7 Å². The van der Waals surface area contributed by atoms with E-state index in [-0.39, 0.29) is 12.5 Å². The monoisotopic (exact) mass is 382 g/mol. The molecule has 0 bridgehead atoms. The second-order valence-corrected chi connectivity index (χ2v) is 7.82. The van der Waals surface area contributed by atoms with Crippen molar-refractivity contribution < 1.29 is 19.4 Å². The number of Topliss-reactive ketones (excluding diaryl/α,β-unsaturated/α-hetero) is 1. The molecule has 0 aliphatic heterocycles. The first-order valence-corrected chi connectivity index (χ1v) is 11.0. The average molecular weight is 383 g/mol. The largest absolute Gasteiger partial charge is 0.463 e. The number of unbranched alkanes of at least 4 members (excludes halogenated alkanes) is 2. The minimum Gasteiger partial charge on any atom is -0.463 e. The van der Waals surface area contributed by atoms with Crippen molar-refractivity contribution in [1.82, 2.24) is 0 Å². The number of ketones is 1. The Morgan fingerprint density at radius 3 is 2.77 bits per heavy atom. The van der Waals surface area contributed by atoms with E-state index in [4.69, 9.17) is 4.74 Å². The number of carbonyl (C=O) groups is 2. The molecule has 26 heavy (non-hydrogen) atoms. The van der Waals surface area contributed by atoms with Gasteiger partial charge in [-0.15, -0.1) is 11.8 Å². The van der Waals surface area contributed by atoms with Crippen LogP contribution in [0.25, 0.3) is 0 Å². The Balaban J connectivity index is 2.24. The third kappa shape index (κ3) is 9.04. The molecule has 1 saturated carbocycles. The number of esters is 1. The van der Waals surface area contributed by atoms with Gasteiger partial charge in [-0.2, -0.15) is 0 Å². The van der Waals surface area contributed by atoms with Crippen LogP contribution in [0.5, 0.6) is 0 Å². The first kappa shape index (κ1) is 23.0. The first-order valence-electron chi connectivity index (χ1n) is 9.90. The summed E-state index contributed by atoms with van der Waals surface area (Å²) in [5.74, 6) is 1.06. The predicted molar refractivity (Wildman–Crippen MR) is 108 cm³/mol. The summed E-state index contributed by atoms with van der Waals surface area (Å²) in [6.45, 7) is 4.14. The van der Waals surface area contributed by atoms with E-state index in [9.17, 15) is 14.7 Å². The summed E-state index contributed by atoms with van der Waals surface area (Å²) in [6, 6.07) is 0.